The van der Waals surface area contributed by atoms with Gasteiger partial charge in [0.15, 0.2) is 0 Å². The van der Waals surface area contributed by atoms with Crippen molar-refractivity contribution in [3.63, 3.8) is 0 Å². The van der Waals surface area contributed by atoms with Crippen LogP contribution in [-0.4, -0.2) is 17.8 Å². The maximum atomic E-state index is 10.6. The van der Waals surface area contributed by atoms with Crippen LogP contribution in [0.4, 0.5) is 5.69 Å². The van der Waals surface area contributed by atoms with Crippen molar-refractivity contribution in [2.24, 2.45) is 0 Å². The van der Waals surface area contributed by atoms with E-state index in [2.05, 4.69) is 22.5 Å². The molecular formula is C25H34N2O. The molecule has 1 heterocycles. The highest BCUT2D eigenvalue weighted by Gasteiger charge is 1.95. The highest BCUT2D eigenvalue weighted by atomic mass is 16.1. The molecule has 1 aromatic carbocycles. The fraction of sp³-hybridized carbons (Fsp3) is 0.440. The molecule has 1 aromatic heterocycles. The Balaban J connectivity index is 1.34. The van der Waals surface area contributed by atoms with E-state index in [0.717, 1.165) is 36.2 Å². The maximum Gasteiger partial charge on any atom is 0.150 e. The zero-order chi connectivity index (χ0) is 19.7. The average molecular weight is 379 g/mol. The highest BCUT2D eigenvalue weighted by molar-refractivity contribution is 5.75. The van der Waals surface area contributed by atoms with Crippen molar-refractivity contribution in [1.29, 1.82) is 0 Å². The summed E-state index contributed by atoms with van der Waals surface area (Å²) in [5, 5.41) is 3.42. The van der Waals surface area contributed by atoms with Gasteiger partial charge >= 0.3 is 0 Å². The third-order valence-electron chi connectivity index (χ3n) is 4.90. The summed E-state index contributed by atoms with van der Waals surface area (Å²) in [5.41, 5.74) is 2.88. The summed E-state index contributed by atoms with van der Waals surface area (Å²) in [6.45, 7) is 1.01. The van der Waals surface area contributed by atoms with Crippen LogP contribution in [0, 0.1) is 0 Å². The molecule has 0 spiro atoms. The summed E-state index contributed by atoms with van der Waals surface area (Å²) in [6, 6.07) is 13.7. The Morgan fingerprint density at radius 2 is 1.46 bits per heavy atom. The quantitative estimate of drug-likeness (QED) is 0.270. The number of carbonyl (C=O) groups is 1. The van der Waals surface area contributed by atoms with Crippen molar-refractivity contribution >= 4 is 18.0 Å². The van der Waals surface area contributed by atoms with Crippen molar-refractivity contribution in [2.45, 2.75) is 64.2 Å². The molecule has 0 radical (unpaired) electrons. The van der Waals surface area contributed by atoms with E-state index in [1.54, 1.807) is 0 Å². The number of benzene rings is 1. The highest BCUT2D eigenvalue weighted by Crippen LogP contribution is 2.12. The Bertz CT molecular complexity index is 665. The minimum Gasteiger partial charge on any atom is -0.385 e. The topological polar surface area (TPSA) is 42.0 Å². The minimum absolute atomic E-state index is 0.728. The van der Waals surface area contributed by atoms with Crippen molar-refractivity contribution in [3.05, 3.63) is 66.0 Å². The number of aromatic nitrogens is 1. The first-order valence-electron chi connectivity index (χ1n) is 10.8. The van der Waals surface area contributed by atoms with Crippen LogP contribution in [0.5, 0.6) is 0 Å². The summed E-state index contributed by atoms with van der Waals surface area (Å²) >= 11 is 0. The Kier molecular flexibility index (Phi) is 11.4. The van der Waals surface area contributed by atoms with E-state index in [0.29, 0.717) is 0 Å². The van der Waals surface area contributed by atoms with E-state index in [1.165, 1.54) is 57.8 Å². The zero-order valence-electron chi connectivity index (χ0n) is 17.0. The normalized spacial score (nSPS) is 11.0. The molecule has 0 atom stereocenters. The summed E-state index contributed by atoms with van der Waals surface area (Å²) < 4.78 is 0. The van der Waals surface area contributed by atoms with Gasteiger partial charge in [-0.2, -0.15) is 0 Å². The van der Waals surface area contributed by atoms with Crippen LogP contribution in [0.25, 0.3) is 6.08 Å². The number of pyridine rings is 1. The van der Waals surface area contributed by atoms with Gasteiger partial charge in [-0.25, -0.2) is 0 Å². The number of nitrogens with zero attached hydrogens (tertiary/aromatic N) is 1. The number of unbranched alkanes of at least 4 members (excludes halogenated alkanes) is 9. The van der Waals surface area contributed by atoms with E-state index in [4.69, 9.17) is 0 Å². The number of allylic oxidation sites excluding steroid dienone is 1. The lowest BCUT2D eigenvalue weighted by atomic mass is 10.1. The fourth-order valence-corrected chi connectivity index (χ4v) is 3.22. The first-order valence-corrected chi connectivity index (χ1v) is 10.8. The molecule has 0 unspecified atom stereocenters. The van der Waals surface area contributed by atoms with Gasteiger partial charge in [-0.3, -0.25) is 9.78 Å². The van der Waals surface area contributed by atoms with Gasteiger partial charge in [0, 0.05) is 24.0 Å². The third-order valence-corrected chi connectivity index (χ3v) is 4.90. The van der Waals surface area contributed by atoms with Crippen LogP contribution in [0.15, 0.2) is 54.7 Å². The molecule has 3 nitrogen and oxygen atoms in total. The number of hydrogen-bond acceptors (Lipinski definition) is 3. The van der Waals surface area contributed by atoms with Gasteiger partial charge in [0.05, 0.1) is 5.69 Å². The van der Waals surface area contributed by atoms with E-state index >= 15 is 0 Å². The molecule has 150 valence electrons. The summed E-state index contributed by atoms with van der Waals surface area (Å²) in [7, 11) is 0. The summed E-state index contributed by atoms with van der Waals surface area (Å²) in [5.74, 6) is 0. The van der Waals surface area contributed by atoms with Gasteiger partial charge in [-0.15, -0.1) is 0 Å². The van der Waals surface area contributed by atoms with E-state index in [-0.39, 0.29) is 0 Å². The number of rotatable bonds is 15. The number of hydrogen-bond donors (Lipinski definition) is 1. The second kappa shape index (κ2) is 14.6. The SMILES string of the molecule is O=Cc1ccc(NCCCCCCCCCCCC=Cc2ccccn2)cc1. The van der Waals surface area contributed by atoms with Gasteiger partial charge in [0.25, 0.3) is 0 Å². The van der Waals surface area contributed by atoms with E-state index in [9.17, 15) is 4.79 Å². The zero-order valence-corrected chi connectivity index (χ0v) is 17.0. The number of nitrogens with one attached hydrogen (secondary N) is 1. The lowest BCUT2D eigenvalue weighted by molar-refractivity contribution is 0.112. The number of anilines is 1. The average Bonchev–Trinajstić information content (AvgIpc) is 2.75. The monoisotopic (exact) mass is 378 g/mol. The predicted molar refractivity (Wildman–Crippen MR) is 120 cm³/mol. The van der Waals surface area contributed by atoms with Gasteiger partial charge < -0.3 is 5.32 Å². The minimum atomic E-state index is 0.728. The molecule has 28 heavy (non-hydrogen) atoms. The molecule has 2 rings (SSSR count). The molecule has 0 bridgehead atoms. The Hall–Kier alpha value is -2.42. The first kappa shape index (κ1) is 21.9. The standard InChI is InChI=1S/C25H34N2O/c28-22-23-16-18-25(19-17-23)27-20-12-9-7-5-3-1-2-4-6-8-10-14-24-15-11-13-21-26-24/h10-11,13-19,21-22,27H,1-9,12,20H2. The third kappa shape index (κ3) is 10.1. The Morgan fingerprint density at radius 3 is 2.11 bits per heavy atom. The molecule has 0 fully saturated rings. The van der Waals surface area contributed by atoms with E-state index < -0.39 is 0 Å². The lowest BCUT2D eigenvalue weighted by Crippen LogP contribution is -2.01. The van der Waals surface area contributed by atoms with Crippen LogP contribution in [0.1, 0.15) is 80.3 Å². The number of carbonyl (C=O) groups excluding carboxylic acids is 1. The smallest absolute Gasteiger partial charge is 0.150 e. The van der Waals surface area contributed by atoms with Crippen molar-refractivity contribution in [1.82, 2.24) is 4.98 Å². The maximum absolute atomic E-state index is 10.6. The molecule has 1 N–H and O–H groups in total. The van der Waals surface area contributed by atoms with Gasteiger partial charge in [-0.1, -0.05) is 57.1 Å². The van der Waals surface area contributed by atoms with Crippen LogP contribution in [0.3, 0.4) is 0 Å². The Morgan fingerprint density at radius 1 is 0.786 bits per heavy atom. The molecule has 3 heteroatoms. The molecular weight excluding hydrogens is 344 g/mol. The second-order valence-electron chi connectivity index (χ2n) is 7.29. The summed E-state index contributed by atoms with van der Waals surface area (Å²) in [4.78, 5) is 14.9. The fourth-order valence-electron chi connectivity index (χ4n) is 3.22. The van der Waals surface area contributed by atoms with Crippen molar-refractivity contribution in [2.75, 3.05) is 11.9 Å². The summed E-state index contributed by atoms with van der Waals surface area (Å²) in [6.07, 6.45) is 20.1. The lowest BCUT2D eigenvalue weighted by Gasteiger charge is -2.06. The van der Waals surface area contributed by atoms with Crippen LogP contribution < -0.4 is 5.32 Å². The van der Waals surface area contributed by atoms with Crippen LogP contribution in [0.2, 0.25) is 0 Å². The van der Waals surface area contributed by atoms with Crippen LogP contribution in [-0.2, 0) is 0 Å². The number of aldehydes is 1. The van der Waals surface area contributed by atoms with Crippen molar-refractivity contribution < 1.29 is 4.79 Å². The van der Waals surface area contributed by atoms with Crippen LogP contribution >= 0.6 is 0 Å². The molecule has 0 aliphatic carbocycles. The Labute approximate surface area is 170 Å². The molecule has 0 aliphatic heterocycles. The molecule has 0 saturated carbocycles. The second-order valence-corrected chi connectivity index (χ2v) is 7.29. The predicted octanol–water partition coefficient (Wildman–Crippen LogP) is 6.92. The van der Waals surface area contributed by atoms with Gasteiger partial charge in [-0.05, 0) is 61.7 Å². The van der Waals surface area contributed by atoms with Crippen molar-refractivity contribution in [3.8, 4) is 0 Å². The first-order chi connectivity index (χ1) is 13.9. The molecule has 0 amide bonds. The molecule has 0 aliphatic rings. The largest absolute Gasteiger partial charge is 0.385 e. The van der Waals surface area contributed by atoms with E-state index in [1.807, 2.05) is 48.7 Å². The van der Waals surface area contributed by atoms with Gasteiger partial charge in [0.1, 0.15) is 6.29 Å². The molecule has 0 saturated heterocycles. The molecule has 2 aromatic rings. The van der Waals surface area contributed by atoms with Gasteiger partial charge in [0.2, 0.25) is 0 Å².